The van der Waals surface area contributed by atoms with Crippen LogP contribution >= 0.6 is 0 Å². The number of nitrogen functional groups attached to an aromatic ring is 1. The minimum atomic E-state index is -5.08. The highest BCUT2D eigenvalue weighted by Crippen LogP contribution is 2.47. The van der Waals surface area contributed by atoms with Crippen LogP contribution in [0.15, 0.2) is 24.5 Å². The first-order valence-corrected chi connectivity index (χ1v) is 16.7. The minimum absolute atomic E-state index is 0.0157. The summed E-state index contributed by atoms with van der Waals surface area (Å²) >= 11 is 0. The van der Waals surface area contributed by atoms with Gasteiger partial charge in [0, 0.05) is 29.1 Å². The number of alkyl halides is 7. The van der Waals surface area contributed by atoms with E-state index in [1.54, 1.807) is 30.7 Å². The number of likely N-dealkylation sites (tertiary alicyclic amines) is 1. The predicted octanol–water partition coefficient (Wildman–Crippen LogP) is 6.55. The summed E-state index contributed by atoms with van der Waals surface area (Å²) in [5.41, 5.74) is 3.79. The third kappa shape index (κ3) is 7.60. The van der Waals surface area contributed by atoms with Gasteiger partial charge < -0.3 is 25.2 Å². The number of likely N-dealkylation sites (N-methyl/N-ethyl adjacent to an activating group) is 1. The Balaban J connectivity index is 0.000000695. The summed E-state index contributed by atoms with van der Waals surface area (Å²) in [7, 11) is 1.74. The molecule has 4 aromatic heterocycles. The number of hydrogen-bond donors (Lipinski definition) is 3. The van der Waals surface area contributed by atoms with E-state index in [0.29, 0.717) is 5.56 Å². The van der Waals surface area contributed by atoms with Gasteiger partial charge in [0.1, 0.15) is 53.4 Å². The maximum atomic E-state index is 17.0. The van der Waals surface area contributed by atoms with E-state index in [-0.39, 0.29) is 77.6 Å². The molecule has 5 aromatic rings. The Labute approximate surface area is 310 Å². The second kappa shape index (κ2) is 14.8. The zero-order valence-corrected chi connectivity index (χ0v) is 29.7. The molecule has 1 fully saturated rings. The number of rotatable bonds is 6. The van der Waals surface area contributed by atoms with Crippen molar-refractivity contribution >= 4 is 39.4 Å². The molecule has 1 saturated heterocycles. The van der Waals surface area contributed by atoms with E-state index in [2.05, 4.69) is 30.1 Å². The fourth-order valence-electron chi connectivity index (χ4n) is 6.84. The number of ether oxygens (including phenoxy) is 2. The molecule has 4 N–H and O–H groups in total. The van der Waals surface area contributed by atoms with Crippen LogP contribution in [0, 0.1) is 18.6 Å². The monoisotopic (exact) mass is 801 g/mol. The number of carboxylic acid groups (broad SMARTS) is 1. The third-order valence-corrected chi connectivity index (χ3v) is 9.42. The number of benzene rings is 1. The van der Waals surface area contributed by atoms with Crippen molar-refractivity contribution in [3.05, 3.63) is 52.9 Å². The summed E-state index contributed by atoms with van der Waals surface area (Å²) in [6, 6.07) is 0.567. The van der Waals surface area contributed by atoms with E-state index in [0.717, 1.165) is 6.20 Å². The summed E-state index contributed by atoms with van der Waals surface area (Å²) in [5.74, 6) is -4.70. The predicted molar refractivity (Wildman–Crippen MR) is 182 cm³/mol. The van der Waals surface area contributed by atoms with Crippen LogP contribution in [0.1, 0.15) is 43.0 Å². The summed E-state index contributed by atoms with van der Waals surface area (Å²) < 4.78 is 133. The lowest BCUT2D eigenvalue weighted by Crippen LogP contribution is -2.39. The normalized spacial score (nSPS) is 19.4. The number of nitrogens with one attached hydrogen (secondary N) is 1. The van der Waals surface area contributed by atoms with E-state index in [1.165, 1.54) is 25.3 Å². The van der Waals surface area contributed by atoms with Crippen LogP contribution in [-0.4, -0.2) is 97.3 Å². The first-order valence-electron chi connectivity index (χ1n) is 16.7. The van der Waals surface area contributed by atoms with Crippen molar-refractivity contribution in [1.82, 2.24) is 35.0 Å². The standard InChI is InChI=1S/C32H31F6N9O2.C2HF3O2/c1-13-5-21-20(9-41-45-21)22(24(13)32(36,37)38)26-25(35)27-23-29(44-31(43-27)49-12-18-6-17(34)10-46(18)4)47(14(2)11-48-30(23)42-26)15(3)19-7-16(33)8-40-28(19)39;3-2(4,5)1(6)7/h5,7-9,14-15,17-18H,6,10-12H2,1-4H3,(H2,39,40)(H,41,45);(H,6,7)/t14-,15+,17+,18-;/m0./s1. The van der Waals surface area contributed by atoms with Crippen molar-refractivity contribution in [1.29, 1.82) is 0 Å². The number of fused-ring (bicyclic) bond motifs is 1. The average Bonchev–Trinajstić information content (AvgIpc) is 3.67. The van der Waals surface area contributed by atoms with Crippen LogP contribution in [0.25, 0.3) is 33.1 Å². The quantitative estimate of drug-likeness (QED) is 0.159. The second-order valence-electron chi connectivity index (χ2n) is 13.3. The number of carboxylic acids is 1. The number of anilines is 2. The zero-order chi connectivity index (χ0) is 41.0. The van der Waals surface area contributed by atoms with Gasteiger partial charge in [-0.3, -0.25) is 10.00 Å². The number of aromatic nitrogens is 6. The van der Waals surface area contributed by atoms with Crippen LogP contribution in [0.4, 0.5) is 51.1 Å². The number of halogens is 9. The SMILES string of the molecule is Cc1cc2[nH]ncc2c(-c2nc3c4c(nc(OC[C@@H]5C[C@@H](F)CN5C)nc4c2F)N([C@H](C)c2cc(F)cnc2N)[C@@H](C)CO3)c1C(F)(F)F.O=C(O)C(F)(F)F. The molecule has 0 amide bonds. The molecule has 2 aliphatic heterocycles. The van der Waals surface area contributed by atoms with Gasteiger partial charge in [-0.1, -0.05) is 0 Å². The topological polar surface area (TPSA) is 168 Å². The van der Waals surface area contributed by atoms with Crippen LogP contribution in [0.2, 0.25) is 0 Å². The number of nitrogens with two attached hydrogens (primary N) is 1. The Bertz CT molecular complexity index is 2300. The number of nitrogens with zero attached hydrogens (tertiary/aromatic N) is 7. The number of aliphatic carboxylic acids is 1. The van der Waals surface area contributed by atoms with Crippen LogP contribution in [0.3, 0.4) is 0 Å². The minimum Gasteiger partial charge on any atom is -0.475 e. The highest BCUT2D eigenvalue weighted by molar-refractivity contribution is 6.02. The lowest BCUT2D eigenvalue weighted by atomic mass is 9.94. The van der Waals surface area contributed by atoms with Gasteiger partial charge >= 0.3 is 24.3 Å². The lowest BCUT2D eigenvalue weighted by Gasteiger charge is -2.35. The molecule has 56 heavy (non-hydrogen) atoms. The van der Waals surface area contributed by atoms with E-state index in [4.69, 9.17) is 25.1 Å². The Morgan fingerprint density at radius 3 is 2.46 bits per heavy atom. The van der Waals surface area contributed by atoms with E-state index < -0.39 is 70.5 Å². The first kappa shape index (κ1) is 40.0. The van der Waals surface area contributed by atoms with Crippen molar-refractivity contribution in [2.75, 3.05) is 37.4 Å². The number of carbonyl (C=O) groups is 1. The second-order valence-corrected chi connectivity index (χ2v) is 13.3. The van der Waals surface area contributed by atoms with Gasteiger partial charge in [-0.05, 0) is 51.9 Å². The molecule has 4 atom stereocenters. The summed E-state index contributed by atoms with van der Waals surface area (Å²) in [6.45, 7) is 4.81. The number of aryl methyl sites for hydroxylation is 1. The van der Waals surface area contributed by atoms with Gasteiger partial charge in [-0.15, -0.1) is 0 Å². The molecule has 0 radical (unpaired) electrons. The smallest absolute Gasteiger partial charge is 0.475 e. The first-order chi connectivity index (χ1) is 26.2. The van der Waals surface area contributed by atoms with E-state index in [1.807, 2.05) is 0 Å². The van der Waals surface area contributed by atoms with Crippen LogP contribution in [0.5, 0.6) is 11.9 Å². The highest BCUT2D eigenvalue weighted by Gasteiger charge is 2.41. The molecule has 300 valence electrons. The molecule has 0 unspecified atom stereocenters. The number of hydrogen-bond acceptors (Lipinski definition) is 11. The number of aromatic amines is 1. The molecule has 2 aliphatic rings. The van der Waals surface area contributed by atoms with Crippen molar-refractivity contribution < 1.29 is 58.9 Å². The van der Waals surface area contributed by atoms with Crippen molar-refractivity contribution in [3.63, 3.8) is 0 Å². The van der Waals surface area contributed by atoms with Gasteiger partial charge in [0.25, 0.3) is 0 Å². The molecule has 7 rings (SSSR count). The Morgan fingerprint density at radius 2 is 1.84 bits per heavy atom. The maximum Gasteiger partial charge on any atom is 0.490 e. The largest absolute Gasteiger partial charge is 0.490 e. The molecule has 13 nitrogen and oxygen atoms in total. The Morgan fingerprint density at radius 1 is 1.14 bits per heavy atom. The fraction of sp³-hybridized carbons (Fsp3) is 0.412. The van der Waals surface area contributed by atoms with Gasteiger partial charge in [-0.25, -0.2) is 27.9 Å². The molecule has 6 heterocycles. The van der Waals surface area contributed by atoms with Crippen LogP contribution < -0.4 is 20.1 Å². The Hall–Kier alpha value is -5.67. The molecule has 0 spiro atoms. The van der Waals surface area contributed by atoms with Crippen molar-refractivity contribution in [3.8, 4) is 23.1 Å². The number of H-pyrrole nitrogens is 1. The summed E-state index contributed by atoms with van der Waals surface area (Å²) in [4.78, 5) is 29.6. The van der Waals surface area contributed by atoms with Crippen LogP contribution in [-0.2, 0) is 11.0 Å². The van der Waals surface area contributed by atoms with Gasteiger partial charge in [0.05, 0.1) is 35.6 Å². The van der Waals surface area contributed by atoms with Gasteiger partial charge in [0.15, 0.2) is 5.82 Å². The third-order valence-electron chi connectivity index (χ3n) is 9.42. The number of pyridine rings is 2. The van der Waals surface area contributed by atoms with Crippen molar-refractivity contribution in [2.45, 2.75) is 63.8 Å². The lowest BCUT2D eigenvalue weighted by molar-refractivity contribution is -0.192. The molecule has 0 saturated carbocycles. The molecular formula is C34H32F9N9O4. The summed E-state index contributed by atoms with van der Waals surface area (Å²) in [6.07, 6.45) is -8.70. The van der Waals surface area contributed by atoms with Gasteiger partial charge in [0.2, 0.25) is 5.88 Å². The molecule has 22 heteroatoms. The fourth-order valence-corrected chi connectivity index (χ4v) is 6.84. The summed E-state index contributed by atoms with van der Waals surface area (Å²) in [5, 5.41) is 13.6. The van der Waals surface area contributed by atoms with Gasteiger partial charge in [-0.2, -0.15) is 41.4 Å². The Kier molecular flexibility index (Phi) is 10.6. The zero-order valence-electron chi connectivity index (χ0n) is 29.7. The highest BCUT2D eigenvalue weighted by atomic mass is 19.4. The molecule has 1 aromatic carbocycles. The molecular weight excluding hydrogens is 769 g/mol. The molecule has 0 bridgehead atoms. The molecule has 0 aliphatic carbocycles. The van der Waals surface area contributed by atoms with E-state index >= 15 is 4.39 Å². The average molecular weight is 802 g/mol. The van der Waals surface area contributed by atoms with E-state index in [9.17, 15) is 35.1 Å². The maximum absolute atomic E-state index is 17.0. The van der Waals surface area contributed by atoms with Crippen molar-refractivity contribution in [2.24, 2.45) is 0 Å².